The van der Waals surface area contributed by atoms with Crippen LogP contribution in [0, 0.1) is 0 Å². The van der Waals surface area contributed by atoms with E-state index >= 15 is 0 Å². The molecule has 1 amide bonds. The van der Waals surface area contributed by atoms with Crippen LogP contribution in [0.2, 0.25) is 0 Å². The number of allylic oxidation sites excluding steroid dienone is 8. The summed E-state index contributed by atoms with van der Waals surface area (Å²) in [5.74, 6) is 0.786. The summed E-state index contributed by atoms with van der Waals surface area (Å²) in [4.78, 5) is 19.6. The van der Waals surface area contributed by atoms with E-state index in [-0.39, 0.29) is 12.6 Å². The summed E-state index contributed by atoms with van der Waals surface area (Å²) in [6.07, 6.45) is 27.4. The fourth-order valence-electron chi connectivity index (χ4n) is 6.76. The largest absolute Gasteiger partial charge is 0.494 e. The summed E-state index contributed by atoms with van der Waals surface area (Å²) < 4.78 is 13.3. The number of aliphatic hydroxyl groups is 1. The van der Waals surface area contributed by atoms with Crippen LogP contribution in [0.1, 0.15) is 83.1 Å². The van der Waals surface area contributed by atoms with Crippen LogP contribution in [0.3, 0.4) is 0 Å². The highest BCUT2D eigenvalue weighted by atomic mass is 32.1. The lowest BCUT2D eigenvalue weighted by Crippen LogP contribution is -2.46. The molecule has 0 radical (unpaired) electrons. The lowest BCUT2D eigenvalue weighted by molar-refractivity contribution is -0.127. The van der Waals surface area contributed by atoms with Gasteiger partial charge in [0.05, 0.1) is 12.3 Å². The predicted octanol–water partition coefficient (Wildman–Crippen LogP) is 9.82. The van der Waals surface area contributed by atoms with Crippen molar-refractivity contribution in [1.82, 2.24) is 4.90 Å². The Balaban J connectivity index is 0.937. The lowest BCUT2D eigenvalue weighted by atomic mass is 10.0. The van der Waals surface area contributed by atoms with Crippen LogP contribution in [-0.2, 0) is 16.0 Å². The van der Waals surface area contributed by atoms with E-state index in [2.05, 4.69) is 101 Å². The summed E-state index contributed by atoms with van der Waals surface area (Å²) in [6.45, 7) is 8.20. The van der Waals surface area contributed by atoms with Crippen molar-refractivity contribution in [3.05, 3.63) is 102 Å². The van der Waals surface area contributed by atoms with Crippen molar-refractivity contribution in [1.29, 1.82) is 0 Å². The minimum Gasteiger partial charge on any atom is -0.494 e. The number of anilines is 2. The highest BCUT2D eigenvalue weighted by molar-refractivity contribution is 7.17. The molecule has 2 aromatic carbocycles. The SMILES string of the molecule is CC/C=C\C/C=C\C/C=C\C/C=C\CCCCC(O)OCN1C(=O)CCc2ccc(OCCCCN3CCN(c4cccc5sccc45)CC3)cc21. The molecule has 8 heteroatoms. The van der Waals surface area contributed by atoms with Gasteiger partial charge in [-0.15, -0.1) is 11.3 Å². The number of carbonyl (C=O) groups excluding carboxylic acids is 1. The minimum atomic E-state index is -0.895. The molecular weight excluding hydrogens is 667 g/mol. The van der Waals surface area contributed by atoms with E-state index in [4.69, 9.17) is 9.47 Å². The molecule has 3 heterocycles. The van der Waals surface area contributed by atoms with Crippen LogP contribution in [0.15, 0.2) is 96.5 Å². The van der Waals surface area contributed by atoms with Gasteiger partial charge in [-0.05, 0) is 112 Å². The Kier molecular flexibility index (Phi) is 17.0. The number of carbonyl (C=O) groups is 1. The molecule has 7 nitrogen and oxygen atoms in total. The quantitative estimate of drug-likeness (QED) is 0.0632. The van der Waals surface area contributed by atoms with Crippen LogP contribution in [0.5, 0.6) is 5.75 Å². The summed E-state index contributed by atoms with van der Waals surface area (Å²) in [5, 5.41) is 14.1. The second-order valence-corrected chi connectivity index (χ2v) is 14.6. The number of benzene rings is 2. The van der Waals surface area contributed by atoms with E-state index in [0.717, 1.165) is 108 Å². The smallest absolute Gasteiger partial charge is 0.229 e. The van der Waals surface area contributed by atoms with E-state index < -0.39 is 6.29 Å². The number of thiophene rings is 1. The average Bonchev–Trinajstić information content (AvgIpc) is 3.66. The zero-order chi connectivity index (χ0) is 36.2. The normalized spacial score (nSPS) is 16.4. The predicted molar refractivity (Wildman–Crippen MR) is 219 cm³/mol. The lowest BCUT2D eigenvalue weighted by Gasteiger charge is -2.36. The van der Waals surface area contributed by atoms with E-state index in [1.165, 1.54) is 15.8 Å². The van der Waals surface area contributed by atoms with Gasteiger partial charge in [0.15, 0.2) is 6.29 Å². The van der Waals surface area contributed by atoms with Gasteiger partial charge in [-0.2, -0.15) is 0 Å². The number of aryl methyl sites for hydroxylation is 1. The highest BCUT2D eigenvalue weighted by Crippen LogP contribution is 2.33. The zero-order valence-electron chi connectivity index (χ0n) is 31.2. The van der Waals surface area contributed by atoms with E-state index in [1.54, 1.807) is 4.90 Å². The van der Waals surface area contributed by atoms with Crippen molar-refractivity contribution >= 4 is 38.7 Å². The molecule has 1 unspecified atom stereocenters. The third-order valence-corrected chi connectivity index (χ3v) is 10.6. The Morgan fingerprint density at radius 2 is 1.60 bits per heavy atom. The molecule has 0 spiro atoms. The van der Waals surface area contributed by atoms with Crippen LogP contribution >= 0.6 is 11.3 Å². The average molecular weight is 726 g/mol. The number of unbranched alkanes of at least 4 members (excludes halogenated alkanes) is 3. The third kappa shape index (κ3) is 12.8. The Bertz CT molecular complexity index is 1620. The summed E-state index contributed by atoms with van der Waals surface area (Å²) in [7, 11) is 0. The number of rotatable bonds is 22. The third-order valence-electron chi connectivity index (χ3n) is 9.77. The fourth-order valence-corrected chi connectivity index (χ4v) is 7.57. The van der Waals surface area contributed by atoms with Crippen molar-refractivity contribution in [3.63, 3.8) is 0 Å². The molecule has 5 rings (SSSR count). The molecule has 0 bridgehead atoms. The van der Waals surface area contributed by atoms with Crippen molar-refractivity contribution in [2.45, 2.75) is 90.3 Å². The van der Waals surface area contributed by atoms with Crippen LogP contribution in [0.4, 0.5) is 11.4 Å². The Hall–Kier alpha value is -3.69. The van der Waals surface area contributed by atoms with E-state index in [0.29, 0.717) is 25.9 Å². The maximum Gasteiger partial charge on any atom is 0.229 e. The number of nitrogens with zero attached hydrogens (tertiary/aromatic N) is 3. The molecule has 1 aromatic heterocycles. The molecule has 1 N–H and O–H groups in total. The highest BCUT2D eigenvalue weighted by Gasteiger charge is 2.26. The first-order valence-corrected chi connectivity index (χ1v) is 20.4. The molecule has 0 saturated carbocycles. The first kappa shape index (κ1) is 39.5. The van der Waals surface area contributed by atoms with Crippen molar-refractivity contribution < 1.29 is 19.4 Å². The Labute approximate surface area is 315 Å². The van der Waals surface area contributed by atoms with Gasteiger partial charge in [0.25, 0.3) is 0 Å². The van der Waals surface area contributed by atoms with Crippen molar-refractivity contribution in [3.8, 4) is 5.75 Å². The van der Waals surface area contributed by atoms with Gasteiger partial charge in [-0.25, -0.2) is 0 Å². The number of fused-ring (bicyclic) bond motifs is 2. The van der Waals surface area contributed by atoms with Gasteiger partial charge in [-0.3, -0.25) is 14.6 Å². The van der Waals surface area contributed by atoms with E-state index in [1.807, 2.05) is 23.5 Å². The monoisotopic (exact) mass is 725 g/mol. The first-order valence-electron chi connectivity index (χ1n) is 19.5. The van der Waals surface area contributed by atoms with Gasteiger partial charge >= 0.3 is 0 Å². The maximum atomic E-state index is 12.9. The number of hydrogen-bond acceptors (Lipinski definition) is 7. The molecule has 0 aliphatic carbocycles. The van der Waals surface area contributed by atoms with E-state index in [9.17, 15) is 9.90 Å². The van der Waals surface area contributed by atoms with Gasteiger partial charge < -0.3 is 19.5 Å². The summed E-state index contributed by atoms with van der Waals surface area (Å²) in [5.41, 5.74) is 3.30. The molecule has 1 saturated heterocycles. The summed E-state index contributed by atoms with van der Waals surface area (Å²) >= 11 is 1.81. The molecule has 2 aliphatic heterocycles. The van der Waals surface area contributed by atoms with Crippen LogP contribution in [0.25, 0.3) is 10.1 Å². The molecule has 2 aliphatic rings. The van der Waals surface area contributed by atoms with Gasteiger partial charge in [0.1, 0.15) is 12.5 Å². The maximum absolute atomic E-state index is 12.9. The molecule has 52 heavy (non-hydrogen) atoms. The molecule has 3 aromatic rings. The van der Waals surface area contributed by atoms with Gasteiger partial charge in [0.2, 0.25) is 5.91 Å². The van der Waals surface area contributed by atoms with Crippen molar-refractivity contribution in [2.24, 2.45) is 0 Å². The second-order valence-electron chi connectivity index (χ2n) is 13.6. The number of amides is 1. The fraction of sp³-hybridized carbons (Fsp3) is 0.477. The number of ether oxygens (including phenoxy) is 2. The first-order chi connectivity index (χ1) is 25.6. The van der Waals surface area contributed by atoms with Crippen LogP contribution in [-0.4, -0.2) is 68.3 Å². The molecular formula is C44H59N3O4S. The van der Waals surface area contributed by atoms with Gasteiger partial charge in [-0.1, -0.05) is 67.7 Å². The topological polar surface area (TPSA) is 65.5 Å². The summed E-state index contributed by atoms with van der Waals surface area (Å²) in [6, 6.07) is 14.9. The molecule has 1 fully saturated rings. The zero-order valence-corrected chi connectivity index (χ0v) is 32.0. The molecule has 1 atom stereocenters. The Morgan fingerprint density at radius 1 is 0.827 bits per heavy atom. The number of piperazine rings is 1. The molecule has 280 valence electrons. The van der Waals surface area contributed by atoms with Crippen molar-refractivity contribution in [2.75, 3.05) is 55.9 Å². The minimum absolute atomic E-state index is 0.0169. The second kappa shape index (κ2) is 22.4. The standard InChI is InChI=1S/C44H59N3O4S/c1-2-3-4-5-6-7-8-9-10-11-12-13-14-15-16-22-44(49)51-36-47-41-35-38(25-23-37(41)24-26-43(47)48)50-33-18-17-28-45-29-31-46(32-30-45)40-20-19-21-42-39(40)27-34-52-42/h3-4,6-7,9-10,12-13,19-21,23,25,27,34-35,44,49H,2,5,8,11,14-18,22,24,26,28-33,36H2,1H3/b4-3-,7-6-,10-9-,13-12-. The Morgan fingerprint density at radius 3 is 2.38 bits per heavy atom. The number of aliphatic hydroxyl groups excluding tert-OH is 1. The van der Waals surface area contributed by atoms with Gasteiger partial charge in [0, 0.05) is 54.4 Å². The van der Waals surface area contributed by atoms with Crippen LogP contribution < -0.4 is 14.5 Å². The number of hydrogen-bond donors (Lipinski definition) is 1.